The van der Waals surface area contributed by atoms with Gasteiger partial charge in [0.2, 0.25) is 0 Å². The monoisotopic (exact) mass is 509 g/mol. The van der Waals surface area contributed by atoms with E-state index in [1.54, 1.807) is 48.5 Å². The normalized spacial score (nSPS) is 16.5. The second-order valence-corrected chi connectivity index (χ2v) is 8.84. The molecule has 0 aliphatic carbocycles. The van der Waals surface area contributed by atoms with Crippen LogP contribution in [0.25, 0.3) is 5.76 Å². The average Bonchev–Trinajstić information content (AvgIpc) is 3.19. The lowest BCUT2D eigenvalue weighted by Gasteiger charge is -2.26. The first-order chi connectivity index (χ1) is 18.4. The van der Waals surface area contributed by atoms with Gasteiger partial charge in [-0.05, 0) is 73.2 Å². The summed E-state index contributed by atoms with van der Waals surface area (Å²) in [5.41, 5.74) is 1.83. The van der Waals surface area contributed by atoms with E-state index in [0.29, 0.717) is 28.5 Å². The summed E-state index contributed by atoms with van der Waals surface area (Å²) >= 11 is 0. The number of carbonyl (C=O) groups is 2. The SMILES string of the molecule is COc1ccc(C)cc1/C(O)=C1\C(=O)C(=O)N(c2ccc(F)cc2)C1c1cccc(Oc2ccccc2)c1. The number of rotatable bonds is 6. The summed E-state index contributed by atoms with van der Waals surface area (Å²) in [6.07, 6.45) is 0. The third kappa shape index (κ3) is 4.62. The van der Waals surface area contributed by atoms with Crippen LogP contribution in [0, 0.1) is 12.7 Å². The van der Waals surface area contributed by atoms with E-state index in [4.69, 9.17) is 9.47 Å². The Kier molecular flexibility index (Phi) is 6.66. The molecular weight excluding hydrogens is 485 g/mol. The molecule has 1 N–H and O–H groups in total. The predicted octanol–water partition coefficient (Wildman–Crippen LogP) is 6.56. The molecule has 0 bridgehead atoms. The topological polar surface area (TPSA) is 76.1 Å². The maximum atomic E-state index is 13.7. The van der Waals surface area contributed by atoms with Crippen molar-refractivity contribution in [3.8, 4) is 17.2 Å². The lowest BCUT2D eigenvalue weighted by molar-refractivity contribution is -0.132. The number of methoxy groups -OCH3 is 1. The molecule has 1 fully saturated rings. The lowest BCUT2D eigenvalue weighted by Crippen LogP contribution is -2.29. The van der Waals surface area contributed by atoms with E-state index in [-0.39, 0.29) is 16.9 Å². The van der Waals surface area contributed by atoms with E-state index in [1.807, 2.05) is 31.2 Å². The van der Waals surface area contributed by atoms with Crippen LogP contribution in [-0.4, -0.2) is 23.9 Å². The molecule has 1 aliphatic heterocycles. The van der Waals surface area contributed by atoms with Crippen molar-refractivity contribution in [2.24, 2.45) is 0 Å². The smallest absolute Gasteiger partial charge is 0.300 e. The third-order valence-corrected chi connectivity index (χ3v) is 6.31. The second kappa shape index (κ2) is 10.2. The van der Waals surface area contributed by atoms with Crippen LogP contribution in [0.3, 0.4) is 0 Å². The zero-order chi connectivity index (χ0) is 26.8. The van der Waals surface area contributed by atoms with Crippen molar-refractivity contribution in [3.63, 3.8) is 0 Å². The number of aliphatic hydroxyl groups excluding tert-OH is 1. The van der Waals surface area contributed by atoms with Crippen LogP contribution in [0.2, 0.25) is 0 Å². The van der Waals surface area contributed by atoms with Gasteiger partial charge in [0.1, 0.15) is 28.8 Å². The van der Waals surface area contributed by atoms with Crippen LogP contribution in [0.5, 0.6) is 17.2 Å². The fourth-order valence-corrected chi connectivity index (χ4v) is 4.54. The average molecular weight is 510 g/mol. The van der Waals surface area contributed by atoms with Gasteiger partial charge in [-0.3, -0.25) is 14.5 Å². The number of benzene rings is 4. The van der Waals surface area contributed by atoms with Crippen LogP contribution >= 0.6 is 0 Å². The molecule has 0 saturated carbocycles. The summed E-state index contributed by atoms with van der Waals surface area (Å²) in [4.78, 5) is 28.1. The highest BCUT2D eigenvalue weighted by molar-refractivity contribution is 6.51. The zero-order valence-electron chi connectivity index (χ0n) is 20.7. The van der Waals surface area contributed by atoms with Crippen molar-refractivity contribution in [2.75, 3.05) is 12.0 Å². The minimum absolute atomic E-state index is 0.111. The highest BCUT2D eigenvalue weighted by Gasteiger charge is 2.47. The van der Waals surface area contributed by atoms with Crippen molar-refractivity contribution in [1.82, 2.24) is 0 Å². The number of hydrogen-bond acceptors (Lipinski definition) is 5. The van der Waals surface area contributed by atoms with Crippen molar-refractivity contribution in [3.05, 3.63) is 125 Å². The largest absolute Gasteiger partial charge is 0.507 e. The minimum atomic E-state index is -1.01. The summed E-state index contributed by atoms with van der Waals surface area (Å²) < 4.78 is 25.1. The number of nitrogens with zero attached hydrogens (tertiary/aromatic N) is 1. The number of halogens is 1. The molecule has 6 nitrogen and oxygen atoms in total. The summed E-state index contributed by atoms with van der Waals surface area (Å²) in [7, 11) is 1.46. The van der Waals surface area contributed by atoms with Crippen LogP contribution in [0.4, 0.5) is 10.1 Å². The van der Waals surface area contributed by atoms with Crippen molar-refractivity contribution in [2.45, 2.75) is 13.0 Å². The number of amides is 1. The quantitative estimate of drug-likeness (QED) is 0.181. The summed E-state index contributed by atoms with van der Waals surface area (Å²) in [5.74, 6) is -1.12. The van der Waals surface area contributed by atoms with Gasteiger partial charge >= 0.3 is 0 Å². The molecule has 1 amide bonds. The number of para-hydroxylation sites is 1. The Morgan fingerprint density at radius 1 is 0.868 bits per heavy atom. The molecule has 5 rings (SSSR count). The number of anilines is 1. The van der Waals surface area contributed by atoms with Crippen LogP contribution < -0.4 is 14.4 Å². The van der Waals surface area contributed by atoms with Gasteiger partial charge in [-0.25, -0.2) is 4.39 Å². The summed E-state index contributed by atoms with van der Waals surface area (Å²) in [6, 6.07) is 25.6. The fraction of sp³-hybridized carbons (Fsp3) is 0.0968. The van der Waals surface area contributed by atoms with E-state index in [9.17, 15) is 19.1 Å². The molecule has 0 aromatic heterocycles. The van der Waals surface area contributed by atoms with Crippen molar-refractivity contribution >= 4 is 23.1 Å². The number of Topliss-reactive ketones (excluding diaryl/α,β-unsaturated/α-hetero) is 1. The Balaban J connectivity index is 1.70. The molecule has 1 unspecified atom stereocenters. The van der Waals surface area contributed by atoms with E-state index in [1.165, 1.54) is 36.3 Å². The van der Waals surface area contributed by atoms with Crippen LogP contribution in [0.1, 0.15) is 22.7 Å². The molecule has 4 aromatic rings. The Morgan fingerprint density at radius 2 is 1.58 bits per heavy atom. The van der Waals surface area contributed by atoms with Gasteiger partial charge in [0.25, 0.3) is 11.7 Å². The number of aryl methyl sites for hydroxylation is 1. The number of aliphatic hydroxyl groups is 1. The first-order valence-electron chi connectivity index (χ1n) is 11.9. The molecule has 1 saturated heterocycles. The zero-order valence-corrected chi connectivity index (χ0v) is 20.7. The molecule has 7 heteroatoms. The Labute approximate surface area is 219 Å². The first-order valence-corrected chi connectivity index (χ1v) is 11.9. The van der Waals surface area contributed by atoms with Gasteiger partial charge in [0.05, 0.1) is 24.3 Å². The van der Waals surface area contributed by atoms with E-state index < -0.39 is 23.5 Å². The maximum Gasteiger partial charge on any atom is 0.300 e. The second-order valence-electron chi connectivity index (χ2n) is 8.84. The molecule has 1 heterocycles. The Hall–Kier alpha value is -4.91. The van der Waals surface area contributed by atoms with Gasteiger partial charge < -0.3 is 14.6 Å². The van der Waals surface area contributed by atoms with Gasteiger partial charge in [0, 0.05) is 5.69 Å². The summed E-state index contributed by atoms with van der Waals surface area (Å²) in [6.45, 7) is 1.84. The number of carbonyl (C=O) groups excluding carboxylic acids is 2. The molecule has 38 heavy (non-hydrogen) atoms. The molecule has 1 atom stereocenters. The molecule has 1 aliphatic rings. The highest BCUT2D eigenvalue weighted by Crippen LogP contribution is 2.44. The predicted molar refractivity (Wildman–Crippen MR) is 142 cm³/mol. The Morgan fingerprint density at radius 3 is 2.29 bits per heavy atom. The van der Waals surface area contributed by atoms with Gasteiger partial charge in [-0.1, -0.05) is 42.0 Å². The van der Waals surface area contributed by atoms with Crippen LogP contribution in [-0.2, 0) is 9.59 Å². The molecule has 4 aromatic carbocycles. The molecular formula is C31H24FNO5. The van der Waals surface area contributed by atoms with E-state index in [2.05, 4.69) is 0 Å². The number of hydrogen-bond donors (Lipinski definition) is 1. The number of ether oxygens (including phenoxy) is 2. The van der Waals surface area contributed by atoms with Crippen molar-refractivity contribution in [1.29, 1.82) is 0 Å². The van der Waals surface area contributed by atoms with E-state index in [0.717, 1.165) is 5.56 Å². The van der Waals surface area contributed by atoms with Gasteiger partial charge in [-0.15, -0.1) is 0 Å². The standard InChI is InChI=1S/C31H24FNO5/c1-19-11-16-26(37-2)25(17-19)29(34)27-28(33(31(36)30(27)35)22-14-12-21(32)13-15-22)20-7-6-10-24(18-20)38-23-8-4-3-5-9-23/h3-18,28,34H,1-2H3/b29-27+. The lowest BCUT2D eigenvalue weighted by atomic mass is 9.94. The van der Waals surface area contributed by atoms with Crippen molar-refractivity contribution < 1.29 is 28.6 Å². The van der Waals surface area contributed by atoms with E-state index >= 15 is 0 Å². The molecule has 0 radical (unpaired) electrons. The highest BCUT2D eigenvalue weighted by atomic mass is 19.1. The minimum Gasteiger partial charge on any atom is -0.507 e. The molecule has 190 valence electrons. The third-order valence-electron chi connectivity index (χ3n) is 6.31. The first kappa shape index (κ1) is 24.8. The maximum absolute atomic E-state index is 13.7. The Bertz CT molecular complexity index is 1550. The van der Waals surface area contributed by atoms with Crippen LogP contribution in [0.15, 0.2) is 103 Å². The summed E-state index contributed by atoms with van der Waals surface area (Å²) in [5, 5.41) is 11.5. The van der Waals surface area contributed by atoms with Gasteiger partial charge in [0.15, 0.2) is 0 Å². The molecule has 0 spiro atoms. The number of ketones is 1. The van der Waals surface area contributed by atoms with Gasteiger partial charge in [-0.2, -0.15) is 0 Å². The fourth-order valence-electron chi connectivity index (χ4n) is 4.54.